The molecule has 0 bridgehead atoms. The predicted octanol–water partition coefficient (Wildman–Crippen LogP) is 2.93. The lowest BCUT2D eigenvalue weighted by Crippen LogP contribution is -2.09. The summed E-state index contributed by atoms with van der Waals surface area (Å²) in [5, 5.41) is 12.3. The zero-order chi connectivity index (χ0) is 14.3. The number of nitrogens with one attached hydrogen (secondary N) is 1. The standard InChI is InChI=1S/C15H11BrN2O2/c16-9-4-5-12-11(7-9)13(15(20)18-12)14(17)8-2-1-3-10(19)6-8/h1-7,19H,17H2,(H,18,20)/b14-13-. The highest BCUT2D eigenvalue weighted by Gasteiger charge is 2.27. The third kappa shape index (κ3) is 2.06. The van der Waals surface area contributed by atoms with Crippen LogP contribution in [0.5, 0.6) is 5.75 Å². The van der Waals surface area contributed by atoms with Crippen molar-refractivity contribution >= 4 is 38.8 Å². The Hall–Kier alpha value is -2.27. The number of phenolic OH excluding ortho intramolecular Hbond substituents is 1. The van der Waals surface area contributed by atoms with E-state index in [2.05, 4.69) is 21.2 Å². The van der Waals surface area contributed by atoms with E-state index in [1.807, 2.05) is 18.2 Å². The minimum atomic E-state index is -0.237. The molecular formula is C15H11BrN2O2. The molecule has 100 valence electrons. The largest absolute Gasteiger partial charge is 0.508 e. The fourth-order valence-corrected chi connectivity index (χ4v) is 2.59. The smallest absolute Gasteiger partial charge is 0.258 e. The summed E-state index contributed by atoms with van der Waals surface area (Å²) in [5.74, 6) is -0.127. The molecule has 0 atom stereocenters. The van der Waals surface area contributed by atoms with Crippen molar-refractivity contribution in [3.05, 3.63) is 58.1 Å². The second-order valence-electron chi connectivity index (χ2n) is 4.48. The summed E-state index contributed by atoms with van der Waals surface area (Å²) in [6, 6.07) is 12.1. The number of benzene rings is 2. The van der Waals surface area contributed by atoms with Gasteiger partial charge in [0.2, 0.25) is 0 Å². The van der Waals surface area contributed by atoms with Gasteiger partial charge < -0.3 is 16.2 Å². The number of aromatic hydroxyl groups is 1. The van der Waals surface area contributed by atoms with Crippen molar-refractivity contribution < 1.29 is 9.90 Å². The van der Waals surface area contributed by atoms with Gasteiger partial charge in [0.1, 0.15) is 5.75 Å². The summed E-state index contributed by atoms with van der Waals surface area (Å²) in [6.07, 6.45) is 0. The summed E-state index contributed by atoms with van der Waals surface area (Å²) in [7, 11) is 0. The first-order valence-corrected chi connectivity index (χ1v) is 6.76. The van der Waals surface area contributed by atoms with E-state index in [0.717, 1.165) is 15.7 Å². The van der Waals surface area contributed by atoms with Gasteiger partial charge in [0, 0.05) is 21.3 Å². The van der Waals surface area contributed by atoms with Crippen LogP contribution in [0.2, 0.25) is 0 Å². The fraction of sp³-hybridized carbons (Fsp3) is 0. The lowest BCUT2D eigenvalue weighted by molar-refractivity contribution is -0.110. The monoisotopic (exact) mass is 330 g/mol. The molecule has 0 fully saturated rings. The fourth-order valence-electron chi connectivity index (χ4n) is 2.22. The number of phenols is 1. The molecule has 1 aliphatic heterocycles. The topological polar surface area (TPSA) is 75.4 Å². The normalized spacial score (nSPS) is 15.8. The Balaban J connectivity index is 2.21. The van der Waals surface area contributed by atoms with Gasteiger partial charge in [0.15, 0.2) is 0 Å². The van der Waals surface area contributed by atoms with E-state index in [4.69, 9.17) is 5.73 Å². The van der Waals surface area contributed by atoms with Gasteiger partial charge in [0.25, 0.3) is 5.91 Å². The van der Waals surface area contributed by atoms with Crippen LogP contribution in [0.25, 0.3) is 11.3 Å². The van der Waals surface area contributed by atoms with Crippen molar-refractivity contribution in [1.29, 1.82) is 0 Å². The number of fused-ring (bicyclic) bond motifs is 1. The van der Waals surface area contributed by atoms with Gasteiger partial charge in [-0.1, -0.05) is 28.1 Å². The van der Waals surface area contributed by atoms with Crippen LogP contribution in [-0.4, -0.2) is 11.0 Å². The van der Waals surface area contributed by atoms with Crippen LogP contribution in [0.3, 0.4) is 0 Å². The molecule has 4 N–H and O–H groups in total. The van der Waals surface area contributed by atoms with Crippen LogP contribution in [0, 0.1) is 0 Å². The zero-order valence-electron chi connectivity index (χ0n) is 10.4. The molecule has 0 spiro atoms. The molecule has 20 heavy (non-hydrogen) atoms. The minimum Gasteiger partial charge on any atom is -0.508 e. The van der Waals surface area contributed by atoms with Crippen molar-refractivity contribution in [2.75, 3.05) is 5.32 Å². The SMILES string of the molecule is N/C(=C1\C(=O)Nc2ccc(Br)cc21)c1cccc(O)c1. The molecule has 0 saturated carbocycles. The lowest BCUT2D eigenvalue weighted by Gasteiger charge is -2.06. The Morgan fingerprint density at radius 1 is 1.20 bits per heavy atom. The molecule has 3 rings (SSSR count). The first kappa shape index (κ1) is 12.7. The summed E-state index contributed by atoms with van der Waals surface area (Å²) >= 11 is 3.39. The van der Waals surface area contributed by atoms with Crippen LogP contribution in [0.1, 0.15) is 11.1 Å². The number of nitrogens with two attached hydrogens (primary N) is 1. The molecule has 1 heterocycles. The van der Waals surface area contributed by atoms with Gasteiger partial charge in [-0.2, -0.15) is 0 Å². The Kier molecular flexibility index (Phi) is 2.99. The Labute approximate surface area is 124 Å². The minimum absolute atomic E-state index is 0.110. The molecule has 2 aromatic rings. The number of halogens is 1. The predicted molar refractivity (Wildman–Crippen MR) is 81.9 cm³/mol. The van der Waals surface area contributed by atoms with E-state index in [-0.39, 0.29) is 11.7 Å². The Morgan fingerprint density at radius 3 is 2.75 bits per heavy atom. The number of hydrogen-bond acceptors (Lipinski definition) is 3. The average molecular weight is 331 g/mol. The van der Waals surface area contributed by atoms with E-state index in [9.17, 15) is 9.90 Å². The van der Waals surface area contributed by atoms with Crippen molar-refractivity contribution in [1.82, 2.24) is 0 Å². The summed E-state index contributed by atoms with van der Waals surface area (Å²) in [6.45, 7) is 0. The molecule has 0 unspecified atom stereocenters. The van der Waals surface area contributed by atoms with E-state index >= 15 is 0 Å². The molecule has 0 saturated heterocycles. The molecule has 1 aliphatic rings. The lowest BCUT2D eigenvalue weighted by atomic mass is 10.0. The summed E-state index contributed by atoms with van der Waals surface area (Å²) in [4.78, 5) is 12.1. The summed E-state index contributed by atoms with van der Waals surface area (Å²) < 4.78 is 0.869. The number of anilines is 1. The van der Waals surface area contributed by atoms with Crippen LogP contribution >= 0.6 is 15.9 Å². The van der Waals surface area contributed by atoms with Crippen molar-refractivity contribution in [3.63, 3.8) is 0 Å². The van der Waals surface area contributed by atoms with Gasteiger partial charge in [-0.15, -0.1) is 0 Å². The number of carbonyl (C=O) groups is 1. The highest BCUT2D eigenvalue weighted by Crippen LogP contribution is 2.37. The number of hydrogen-bond donors (Lipinski definition) is 3. The molecular weight excluding hydrogens is 320 g/mol. The van der Waals surface area contributed by atoms with Crippen molar-refractivity contribution in [2.24, 2.45) is 5.73 Å². The Morgan fingerprint density at radius 2 is 2.00 bits per heavy atom. The maximum Gasteiger partial charge on any atom is 0.258 e. The quantitative estimate of drug-likeness (QED) is 0.703. The first-order valence-electron chi connectivity index (χ1n) is 5.96. The van der Waals surface area contributed by atoms with Crippen LogP contribution < -0.4 is 11.1 Å². The van der Waals surface area contributed by atoms with Gasteiger partial charge >= 0.3 is 0 Å². The number of carbonyl (C=O) groups excluding carboxylic acids is 1. The zero-order valence-corrected chi connectivity index (χ0v) is 11.9. The first-order chi connectivity index (χ1) is 9.56. The second-order valence-corrected chi connectivity index (χ2v) is 5.40. The van der Waals surface area contributed by atoms with Gasteiger partial charge in [-0.3, -0.25) is 4.79 Å². The number of amides is 1. The maximum absolute atomic E-state index is 12.1. The maximum atomic E-state index is 12.1. The van der Waals surface area contributed by atoms with E-state index in [0.29, 0.717) is 16.8 Å². The molecule has 0 aliphatic carbocycles. The van der Waals surface area contributed by atoms with Crippen LogP contribution in [-0.2, 0) is 4.79 Å². The van der Waals surface area contributed by atoms with Crippen LogP contribution in [0.4, 0.5) is 5.69 Å². The summed E-state index contributed by atoms with van der Waals surface area (Å²) in [5.41, 5.74) is 8.98. The van der Waals surface area contributed by atoms with E-state index in [1.54, 1.807) is 18.2 Å². The molecule has 0 radical (unpaired) electrons. The van der Waals surface area contributed by atoms with Crippen molar-refractivity contribution in [2.45, 2.75) is 0 Å². The molecule has 0 aromatic heterocycles. The highest BCUT2D eigenvalue weighted by atomic mass is 79.9. The molecule has 1 amide bonds. The Bertz CT molecular complexity index is 753. The van der Waals surface area contributed by atoms with Gasteiger partial charge in [0.05, 0.1) is 11.3 Å². The molecule has 5 heteroatoms. The van der Waals surface area contributed by atoms with E-state index < -0.39 is 0 Å². The third-order valence-corrected chi connectivity index (χ3v) is 3.65. The molecule has 4 nitrogen and oxygen atoms in total. The van der Waals surface area contributed by atoms with Crippen LogP contribution in [0.15, 0.2) is 46.9 Å². The van der Waals surface area contributed by atoms with E-state index in [1.165, 1.54) is 6.07 Å². The third-order valence-electron chi connectivity index (χ3n) is 3.15. The second kappa shape index (κ2) is 4.68. The number of rotatable bonds is 1. The highest BCUT2D eigenvalue weighted by molar-refractivity contribution is 9.10. The van der Waals surface area contributed by atoms with Gasteiger partial charge in [-0.25, -0.2) is 0 Å². The molecule has 2 aromatic carbocycles. The van der Waals surface area contributed by atoms with Gasteiger partial charge in [-0.05, 0) is 30.3 Å². The average Bonchev–Trinajstić information content (AvgIpc) is 2.73. The van der Waals surface area contributed by atoms with Crippen molar-refractivity contribution in [3.8, 4) is 5.75 Å².